The predicted molar refractivity (Wildman–Crippen MR) is 117 cm³/mol. The summed E-state index contributed by atoms with van der Waals surface area (Å²) < 4.78 is 49.9. The Labute approximate surface area is 200 Å². The van der Waals surface area contributed by atoms with Gasteiger partial charge < -0.3 is 41.8 Å². The van der Waals surface area contributed by atoms with Crippen molar-refractivity contribution in [2.45, 2.75) is 18.6 Å². The molecule has 1 aliphatic rings. The van der Waals surface area contributed by atoms with Gasteiger partial charge >= 0.3 is 12.1 Å². The van der Waals surface area contributed by atoms with Crippen molar-refractivity contribution in [2.75, 3.05) is 13.3 Å². The molecule has 1 heterocycles. The van der Waals surface area contributed by atoms with Crippen LogP contribution in [0.3, 0.4) is 0 Å². The van der Waals surface area contributed by atoms with Crippen molar-refractivity contribution in [2.24, 2.45) is 16.5 Å². The standard InChI is InChI=1S/C21H20F3N5O7/c22-21(23,24)10-1-9(2-11(3-10)28-20(25)26)19(34)27-7-17(31)29-13(5-18(32)33)12-4-15-16(6-14(12)30)36-8-35-15/h1-4,6,13,30H,5,7-8H2,(H,27,34)(H,29,31)(H,32,33)(H4,25,26,28). The molecule has 2 amide bonds. The number of alkyl halides is 3. The topological polar surface area (TPSA) is 199 Å². The fraction of sp³-hybridized carbons (Fsp3) is 0.238. The van der Waals surface area contributed by atoms with Crippen LogP contribution in [0, 0.1) is 0 Å². The van der Waals surface area contributed by atoms with Crippen LogP contribution in [0.15, 0.2) is 35.3 Å². The number of amides is 2. The molecule has 0 spiro atoms. The number of carbonyl (C=O) groups excluding carboxylic acids is 2. The van der Waals surface area contributed by atoms with Crippen LogP contribution in [0.5, 0.6) is 17.2 Å². The molecule has 0 radical (unpaired) electrons. The maximum atomic E-state index is 13.2. The lowest BCUT2D eigenvalue weighted by Gasteiger charge is -2.19. The van der Waals surface area contributed by atoms with E-state index in [0.717, 1.165) is 6.07 Å². The first-order valence-corrected chi connectivity index (χ1v) is 10.1. The van der Waals surface area contributed by atoms with Crippen molar-refractivity contribution >= 4 is 29.4 Å². The number of guanidine groups is 1. The highest BCUT2D eigenvalue weighted by Crippen LogP contribution is 2.40. The third-order valence-corrected chi connectivity index (χ3v) is 4.79. The van der Waals surface area contributed by atoms with Gasteiger partial charge in [-0.25, -0.2) is 4.99 Å². The summed E-state index contributed by atoms with van der Waals surface area (Å²) in [5, 5.41) is 23.9. The van der Waals surface area contributed by atoms with E-state index in [1.165, 1.54) is 12.1 Å². The first-order valence-electron chi connectivity index (χ1n) is 10.1. The fourth-order valence-corrected chi connectivity index (χ4v) is 3.27. The van der Waals surface area contributed by atoms with Crippen molar-refractivity contribution in [3.8, 4) is 17.2 Å². The van der Waals surface area contributed by atoms with Crippen molar-refractivity contribution in [3.05, 3.63) is 47.0 Å². The number of carbonyl (C=O) groups is 3. The molecule has 0 fully saturated rings. The van der Waals surface area contributed by atoms with Crippen LogP contribution in [-0.2, 0) is 15.8 Å². The molecule has 0 bridgehead atoms. The van der Waals surface area contributed by atoms with E-state index in [2.05, 4.69) is 15.6 Å². The van der Waals surface area contributed by atoms with Gasteiger partial charge in [0.15, 0.2) is 17.5 Å². The van der Waals surface area contributed by atoms with Crippen LogP contribution in [0.25, 0.3) is 0 Å². The van der Waals surface area contributed by atoms with Gasteiger partial charge in [0, 0.05) is 17.2 Å². The van der Waals surface area contributed by atoms with E-state index in [4.69, 9.17) is 20.9 Å². The molecule has 192 valence electrons. The molecule has 8 N–H and O–H groups in total. The van der Waals surface area contributed by atoms with Gasteiger partial charge in [0.2, 0.25) is 12.7 Å². The molecule has 3 rings (SSSR count). The van der Waals surface area contributed by atoms with E-state index in [0.29, 0.717) is 12.1 Å². The maximum absolute atomic E-state index is 13.2. The highest BCUT2D eigenvalue weighted by Gasteiger charge is 2.32. The lowest BCUT2D eigenvalue weighted by Crippen LogP contribution is -2.39. The Kier molecular flexibility index (Phi) is 7.41. The van der Waals surface area contributed by atoms with Crippen molar-refractivity contribution in [3.63, 3.8) is 0 Å². The molecule has 0 aromatic heterocycles. The zero-order chi connectivity index (χ0) is 26.6. The zero-order valence-corrected chi connectivity index (χ0v) is 18.3. The van der Waals surface area contributed by atoms with Crippen LogP contribution in [0.2, 0.25) is 0 Å². The van der Waals surface area contributed by atoms with Gasteiger partial charge in [-0.1, -0.05) is 0 Å². The van der Waals surface area contributed by atoms with Crippen LogP contribution in [-0.4, -0.2) is 47.3 Å². The molecule has 0 saturated heterocycles. The number of phenols is 1. The molecule has 36 heavy (non-hydrogen) atoms. The quantitative estimate of drug-likeness (QED) is 0.222. The minimum absolute atomic E-state index is 0.0149. The minimum atomic E-state index is -4.81. The number of carboxylic acid groups (broad SMARTS) is 1. The third-order valence-electron chi connectivity index (χ3n) is 4.79. The van der Waals surface area contributed by atoms with Gasteiger partial charge in [-0.15, -0.1) is 0 Å². The maximum Gasteiger partial charge on any atom is 0.416 e. The summed E-state index contributed by atoms with van der Waals surface area (Å²) in [4.78, 5) is 39.7. The number of hydrogen-bond acceptors (Lipinski definition) is 7. The zero-order valence-electron chi connectivity index (χ0n) is 18.3. The first-order chi connectivity index (χ1) is 16.8. The van der Waals surface area contributed by atoms with Gasteiger partial charge in [0.05, 0.1) is 30.3 Å². The summed E-state index contributed by atoms with van der Waals surface area (Å²) in [7, 11) is 0. The second kappa shape index (κ2) is 10.3. The molecule has 1 unspecified atom stereocenters. The number of aliphatic imine (C=N–C) groups is 1. The van der Waals surface area contributed by atoms with Crippen LogP contribution < -0.4 is 31.6 Å². The van der Waals surface area contributed by atoms with Gasteiger partial charge in [-0.05, 0) is 24.3 Å². The summed E-state index contributed by atoms with van der Waals surface area (Å²) in [6.07, 6.45) is -5.44. The van der Waals surface area contributed by atoms with Crippen LogP contribution in [0.1, 0.15) is 33.9 Å². The van der Waals surface area contributed by atoms with Gasteiger partial charge in [0.1, 0.15) is 5.75 Å². The number of nitrogens with zero attached hydrogens (tertiary/aromatic N) is 1. The number of aliphatic carboxylic acids is 1. The Hall–Kier alpha value is -4.69. The summed E-state index contributed by atoms with van der Waals surface area (Å²) in [5.74, 6) is -3.70. The molecule has 0 aliphatic carbocycles. The number of ether oxygens (including phenoxy) is 2. The second-order valence-corrected chi connectivity index (χ2v) is 7.47. The summed E-state index contributed by atoms with van der Waals surface area (Å²) >= 11 is 0. The van der Waals surface area contributed by atoms with Crippen LogP contribution >= 0.6 is 0 Å². The number of aromatic hydroxyl groups is 1. The number of nitrogens with two attached hydrogens (primary N) is 2. The van der Waals surface area contributed by atoms with Crippen molar-refractivity contribution in [1.29, 1.82) is 0 Å². The third kappa shape index (κ3) is 6.46. The lowest BCUT2D eigenvalue weighted by atomic mass is 10.0. The monoisotopic (exact) mass is 511 g/mol. The second-order valence-electron chi connectivity index (χ2n) is 7.47. The highest BCUT2D eigenvalue weighted by molar-refractivity contribution is 5.97. The molecule has 15 heteroatoms. The molecule has 1 aliphatic heterocycles. The van der Waals surface area contributed by atoms with Gasteiger partial charge in [0.25, 0.3) is 5.91 Å². The highest BCUT2D eigenvalue weighted by atomic mass is 19.4. The number of benzene rings is 2. The Morgan fingerprint density at radius 1 is 1.08 bits per heavy atom. The smallest absolute Gasteiger partial charge is 0.416 e. The van der Waals surface area contributed by atoms with E-state index in [1.54, 1.807) is 0 Å². The number of halogens is 3. The van der Waals surface area contributed by atoms with E-state index >= 15 is 0 Å². The molecular formula is C21H20F3N5O7. The lowest BCUT2D eigenvalue weighted by molar-refractivity contribution is -0.138. The number of nitrogens with one attached hydrogen (secondary N) is 2. The molecular weight excluding hydrogens is 491 g/mol. The Morgan fingerprint density at radius 3 is 2.36 bits per heavy atom. The van der Waals surface area contributed by atoms with E-state index in [9.17, 15) is 37.8 Å². The van der Waals surface area contributed by atoms with Gasteiger partial charge in [-0.2, -0.15) is 13.2 Å². The average molecular weight is 511 g/mol. The van der Waals surface area contributed by atoms with E-state index in [1.807, 2.05) is 0 Å². The Morgan fingerprint density at radius 2 is 1.75 bits per heavy atom. The molecule has 2 aromatic carbocycles. The molecule has 1 atom stereocenters. The average Bonchev–Trinajstić information content (AvgIpc) is 3.22. The minimum Gasteiger partial charge on any atom is -0.507 e. The summed E-state index contributed by atoms with van der Waals surface area (Å²) in [6, 6.07) is 3.44. The Balaban J connectivity index is 1.74. The molecule has 0 saturated carbocycles. The van der Waals surface area contributed by atoms with Gasteiger partial charge in [-0.3, -0.25) is 14.4 Å². The number of fused-ring (bicyclic) bond motifs is 1. The summed E-state index contributed by atoms with van der Waals surface area (Å²) in [5.41, 5.74) is 8.40. The first kappa shape index (κ1) is 25.9. The summed E-state index contributed by atoms with van der Waals surface area (Å²) in [6.45, 7) is -0.838. The number of hydrogen-bond donors (Lipinski definition) is 6. The normalized spacial score (nSPS) is 13.0. The number of phenolic OH excluding ortho intramolecular Hbond substituents is 1. The fourth-order valence-electron chi connectivity index (χ4n) is 3.27. The molecule has 12 nitrogen and oxygen atoms in total. The predicted octanol–water partition coefficient (Wildman–Crippen LogP) is 1.11. The largest absolute Gasteiger partial charge is 0.507 e. The number of carboxylic acids is 1. The van der Waals surface area contributed by atoms with E-state index < -0.39 is 60.1 Å². The SMILES string of the molecule is NC(N)=Nc1cc(C(=O)NCC(=O)NC(CC(=O)O)c2cc3c(cc2O)OCO3)cc(C(F)(F)F)c1. The van der Waals surface area contributed by atoms with Crippen LogP contribution in [0.4, 0.5) is 18.9 Å². The van der Waals surface area contributed by atoms with Crippen molar-refractivity contribution < 1.29 is 47.2 Å². The van der Waals surface area contributed by atoms with E-state index in [-0.39, 0.29) is 35.3 Å². The Bertz CT molecular complexity index is 1230. The van der Waals surface area contributed by atoms with Crippen molar-refractivity contribution in [1.82, 2.24) is 10.6 Å². The molecule has 2 aromatic rings. The number of rotatable bonds is 8.